The summed E-state index contributed by atoms with van der Waals surface area (Å²) >= 11 is 2.07. The van der Waals surface area contributed by atoms with E-state index in [1.807, 2.05) is 20.8 Å². The van der Waals surface area contributed by atoms with Crippen molar-refractivity contribution in [2.45, 2.75) is 69.8 Å². The van der Waals surface area contributed by atoms with Crippen LogP contribution in [0.2, 0.25) is 0 Å². The minimum atomic E-state index is -0.446. The molecule has 23 heavy (non-hydrogen) atoms. The van der Waals surface area contributed by atoms with Crippen molar-refractivity contribution < 1.29 is 14.3 Å². The van der Waals surface area contributed by atoms with Gasteiger partial charge >= 0.3 is 6.09 Å². The van der Waals surface area contributed by atoms with Crippen LogP contribution in [0.15, 0.2) is 0 Å². The maximum Gasteiger partial charge on any atom is 0.407 e. The van der Waals surface area contributed by atoms with Crippen LogP contribution in [0.1, 0.15) is 53.4 Å². The van der Waals surface area contributed by atoms with Gasteiger partial charge in [0.1, 0.15) is 5.60 Å². The minimum Gasteiger partial charge on any atom is -0.444 e. The van der Waals surface area contributed by atoms with Gasteiger partial charge in [0.15, 0.2) is 0 Å². The van der Waals surface area contributed by atoms with Gasteiger partial charge in [-0.25, -0.2) is 4.79 Å². The summed E-state index contributed by atoms with van der Waals surface area (Å²) in [6.07, 6.45) is 4.14. The second-order valence-corrected chi connectivity index (χ2v) is 9.19. The molecule has 1 heterocycles. The lowest BCUT2D eigenvalue weighted by Gasteiger charge is -2.27. The number of ether oxygens (including phenoxy) is 2. The summed E-state index contributed by atoms with van der Waals surface area (Å²) in [5, 5.41) is 6.45. The largest absolute Gasteiger partial charge is 0.444 e. The van der Waals surface area contributed by atoms with Crippen LogP contribution in [0.5, 0.6) is 0 Å². The standard InChI is InChI=1S/C17H34N2O3S/c1-16(2,3)22-15(20)18-10-6-8-14(12-21-5)19-13-17(4)9-7-11-23-17/h14,19H,6-13H2,1-5H3,(H,18,20). The number of carbonyl (C=O) groups is 1. The normalized spacial score (nSPS) is 22.8. The quantitative estimate of drug-likeness (QED) is 0.628. The summed E-state index contributed by atoms with van der Waals surface area (Å²) in [7, 11) is 1.74. The number of hydrogen-bond acceptors (Lipinski definition) is 5. The van der Waals surface area contributed by atoms with E-state index in [1.165, 1.54) is 18.6 Å². The summed E-state index contributed by atoms with van der Waals surface area (Å²) in [6, 6.07) is 0.332. The second kappa shape index (κ2) is 9.74. The van der Waals surface area contributed by atoms with E-state index in [0.717, 1.165) is 19.4 Å². The fourth-order valence-corrected chi connectivity index (χ4v) is 3.89. The number of rotatable bonds is 9. The molecule has 0 aromatic heterocycles. The molecule has 2 N–H and O–H groups in total. The van der Waals surface area contributed by atoms with Crippen LogP contribution in [-0.4, -0.2) is 55.0 Å². The lowest BCUT2D eigenvalue weighted by Crippen LogP contribution is -2.42. The first kappa shape index (κ1) is 20.6. The number of nitrogens with one attached hydrogen (secondary N) is 2. The Morgan fingerprint density at radius 3 is 2.70 bits per heavy atom. The molecule has 2 unspecified atom stereocenters. The molecule has 1 amide bonds. The van der Waals surface area contributed by atoms with Gasteiger partial charge in [-0.15, -0.1) is 0 Å². The van der Waals surface area contributed by atoms with Crippen molar-refractivity contribution in [3.8, 4) is 0 Å². The first-order valence-corrected chi connectivity index (χ1v) is 9.56. The zero-order valence-electron chi connectivity index (χ0n) is 15.4. The molecule has 1 aliphatic heterocycles. The third-order valence-electron chi connectivity index (χ3n) is 3.83. The Bertz CT molecular complexity index is 352. The number of alkyl carbamates (subject to hydrolysis) is 1. The van der Waals surface area contributed by atoms with Crippen molar-refractivity contribution in [1.82, 2.24) is 10.6 Å². The highest BCUT2D eigenvalue weighted by Gasteiger charge is 2.29. The lowest BCUT2D eigenvalue weighted by atomic mass is 10.0. The molecular weight excluding hydrogens is 312 g/mol. The highest BCUT2D eigenvalue weighted by atomic mass is 32.2. The maximum atomic E-state index is 11.6. The van der Waals surface area contributed by atoms with Gasteiger partial charge in [-0.1, -0.05) is 0 Å². The molecule has 0 spiro atoms. The van der Waals surface area contributed by atoms with Crippen molar-refractivity contribution in [2.75, 3.05) is 32.6 Å². The molecular formula is C17H34N2O3S. The van der Waals surface area contributed by atoms with E-state index in [9.17, 15) is 4.79 Å². The Labute approximate surface area is 145 Å². The van der Waals surface area contributed by atoms with E-state index in [-0.39, 0.29) is 6.09 Å². The van der Waals surface area contributed by atoms with Crippen LogP contribution in [0.4, 0.5) is 4.79 Å². The minimum absolute atomic E-state index is 0.332. The number of methoxy groups -OCH3 is 1. The molecule has 136 valence electrons. The van der Waals surface area contributed by atoms with Gasteiger partial charge in [0, 0.05) is 31.0 Å². The number of hydrogen-bond donors (Lipinski definition) is 2. The van der Waals surface area contributed by atoms with E-state index in [1.54, 1.807) is 7.11 Å². The van der Waals surface area contributed by atoms with Crippen molar-refractivity contribution in [2.24, 2.45) is 0 Å². The Morgan fingerprint density at radius 1 is 1.39 bits per heavy atom. The molecule has 1 rings (SSSR count). The van der Waals surface area contributed by atoms with Crippen molar-refractivity contribution in [3.05, 3.63) is 0 Å². The highest BCUT2D eigenvalue weighted by molar-refractivity contribution is 8.00. The SMILES string of the molecule is COCC(CCCNC(=O)OC(C)(C)C)NCC1(C)CCCS1. The van der Waals surface area contributed by atoms with E-state index < -0.39 is 5.60 Å². The van der Waals surface area contributed by atoms with E-state index in [0.29, 0.717) is 23.9 Å². The third kappa shape index (κ3) is 9.42. The van der Waals surface area contributed by atoms with Gasteiger partial charge in [0.2, 0.25) is 0 Å². The van der Waals surface area contributed by atoms with Crippen LogP contribution in [0.3, 0.4) is 0 Å². The molecule has 0 saturated carbocycles. The van der Waals surface area contributed by atoms with Gasteiger partial charge < -0.3 is 20.1 Å². The van der Waals surface area contributed by atoms with E-state index >= 15 is 0 Å². The van der Waals surface area contributed by atoms with E-state index in [4.69, 9.17) is 9.47 Å². The zero-order chi connectivity index (χ0) is 17.3. The van der Waals surface area contributed by atoms with Gasteiger partial charge in [-0.3, -0.25) is 0 Å². The Hall–Kier alpha value is -0.460. The summed E-state index contributed by atoms with van der Waals surface area (Å²) < 4.78 is 10.9. The molecule has 0 radical (unpaired) electrons. The smallest absolute Gasteiger partial charge is 0.407 e. The summed E-state index contributed by atoms with van der Waals surface area (Å²) in [5.41, 5.74) is -0.446. The van der Waals surface area contributed by atoms with E-state index in [2.05, 4.69) is 29.3 Å². The third-order valence-corrected chi connectivity index (χ3v) is 5.37. The van der Waals surface area contributed by atoms with Crippen molar-refractivity contribution in [1.29, 1.82) is 0 Å². The molecule has 0 aromatic rings. The average molecular weight is 347 g/mol. The summed E-state index contributed by atoms with van der Waals surface area (Å²) in [4.78, 5) is 11.6. The van der Waals surface area contributed by atoms with Crippen LogP contribution in [0, 0.1) is 0 Å². The Morgan fingerprint density at radius 2 is 2.13 bits per heavy atom. The molecule has 2 atom stereocenters. The first-order chi connectivity index (χ1) is 10.7. The lowest BCUT2D eigenvalue weighted by molar-refractivity contribution is 0.0526. The van der Waals surface area contributed by atoms with Crippen LogP contribution in [-0.2, 0) is 9.47 Å². The van der Waals surface area contributed by atoms with Crippen LogP contribution >= 0.6 is 11.8 Å². The predicted molar refractivity (Wildman–Crippen MR) is 97.2 cm³/mol. The summed E-state index contributed by atoms with van der Waals surface area (Å²) in [6.45, 7) is 10.3. The molecule has 0 bridgehead atoms. The molecule has 0 aliphatic carbocycles. The molecule has 5 nitrogen and oxygen atoms in total. The first-order valence-electron chi connectivity index (χ1n) is 8.57. The fourth-order valence-electron chi connectivity index (χ4n) is 2.64. The molecule has 0 aromatic carbocycles. The monoisotopic (exact) mass is 346 g/mol. The van der Waals surface area contributed by atoms with Gasteiger partial charge in [-0.05, 0) is 59.1 Å². The molecule has 1 fully saturated rings. The summed E-state index contributed by atoms with van der Waals surface area (Å²) in [5.74, 6) is 1.27. The second-order valence-electron chi connectivity index (χ2n) is 7.51. The Balaban J connectivity index is 2.21. The molecule has 6 heteroatoms. The number of thioether (sulfide) groups is 1. The van der Waals surface area contributed by atoms with Gasteiger partial charge in [0.25, 0.3) is 0 Å². The van der Waals surface area contributed by atoms with Crippen LogP contribution in [0.25, 0.3) is 0 Å². The zero-order valence-corrected chi connectivity index (χ0v) is 16.2. The number of amides is 1. The van der Waals surface area contributed by atoms with Gasteiger partial charge in [-0.2, -0.15) is 11.8 Å². The van der Waals surface area contributed by atoms with Crippen molar-refractivity contribution in [3.63, 3.8) is 0 Å². The Kier molecular flexibility index (Phi) is 8.72. The van der Waals surface area contributed by atoms with Crippen molar-refractivity contribution >= 4 is 17.9 Å². The molecule has 1 saturated heterocycles. The molecule has 1 aliphatic rings. The predicted octanol–water partition coefficient (Wildman–Crippen LogP) is 3.18. The van der Waals surface area contributed by atoms with Gasteiger partial charge in [0.05, 0.1) is 6.61 Å². The fraction of sp³-hybridized carbons (Fsp3) is 0.941. The number of carbonyl (C=O) groups excluding carboxylic acids is 1. The topological polar surface area (TPSA) is 59.6 Å². The average Bonchev–Trinajstić information content (AvgIpc) is 2.86. The maximum absolute atomic E-state index is 11.6. The van der Waals surface area contributed by atoms with Crippen LogP contribution < -0.4 is 10.6 Å². The highest BCUT2D eigenvalue weighted by Crippen LogP contribution is 2.37.